The summed E-state index contributed by atoms with van der Waals surface area (Å²) in [6.45, 7) is 0.410. The van der Waals surface area contributed by atoms with E-state index in [2.05, 4.69) is 22.7 Å². The van der Waals surface area contributed by atoms with Crippen molar-refractivity contribution in [3.8, 4) is 5.75 Å². The Labute approximate surface area is 143 Å². The Morgan fingerprint density at radius 3 is 2.55 bits per heavy atom. The number of nitrogens with one attached hydrogen (secondary N) is 1. The Morgan fingerprint density at radius 1 is 1.18 bits per heavy atom. The highest BCUT2D eigenvalue weighted by Gasteiger charge is 2.01. The van der Waals surface area contributed by atoms with Crippen molar-refractivity contribution in [3.63, 3.8) is 0 Å². The first-order valence-corrected chi connectivity index (χ1v) is 7.46. The largest absolute Gasteiger partial charge is 0.489 e. The summed E-state index contributed by atoms with van der Waals surface area (Å²) < 4.78 is 5.68. The Morgan fingerprint density at radius 2 is 1.91 bits per heavy atom. The van der Waals surface area contributed by atoms with Gasteiger partial charge in [0.05, 0.1) is 16.3 Å². The molecule has 2 aromatic rings. The van der Waals surface area contributed by atoms with E-state index in [1.807, 2.05) is 30.3 Å². The monoisotopic (exact) mass is 353 g/mol. The zero-order chi connectivity index (χ0) is 15.9. The van der Waals surface area contributed by atoms with E-state index >= 15 is 0 Å². The van der Waals surface area contributed by atoms with Crippen molar-refractivity contribution in [2.75, 3.05) is 0 Å². The number of rotatable bonds is 5. The SMILES string of the molecule is NC(=S)NN=Cc1ccc(OCc2ccc(Cl)c(Cl)c2)cc1. The van der Waals surface area contributed by atoms with Crippen molar-refractivity contribution in [2.24, 2.45) is 10.8 Å². The number of hydrazone groups is 1. The molecule has 0 radical (unpaired) electrons. The van der Waals surface area contributed by atoms with Crippen molar-refractivity contribution in [1.29, 1.82) is 0 Å². The lowest BCUT2D eigenvalue weighted by molar-refractivity contribution is 0.306. The predicted octanol–water partition coefficient (Wildman–Crippen LogP) is 3.74. The van der Waals surface area contributed by atoms with Crippen molar-refractivity contribution in [1.82, 2.24) is 5.43 Å². The molecular weight excluding hydrogens is 341 g/mol. The highest BCUT2D eigenvalue weighted by Crippen LogP contribution is 2.23. The normalized spacial score (nSPS) is 10.6. The van der Waals surface area contributed by atoms with Gasteiger partial charge in [-0.15, -0.1) is 0 Å². The van der Waals surface area contributed by atoms with Crippen molar-refractivity contribution >= 4 is 46.7 Å². The fourth-order valence-electron chi connectivity index (χ4n) is 1.62. The van der Waals surface area contributed by atoms with Crippen LogP contribution < -0.4 is 15.9 Å². The van der Waals surface area contributed by atoms with Gasteiger partial charge in [-0.25, -0.2) is 0 Å². The molecule has 114 valence electrons. The van der Waals surface area contributed by atoms with Crippen LogP contribution in [0.4, 0.5) is 0 Å². The molecule has 0 heterocycles. The van der Waals surface area contributed by atoms with Crippen molar-refractivity contribution in [3.05, 3.63) is 63.6 Å². The van der Waals surface area contributed by atoms with Crippen LogP contribution in [0.5, 0.6) is 5.75 Å². The summed E-state index contributed by atoms with van der Waals surface area (Å²) >= 11 is 16.5. The maximum Gasteiger partial charge on any atom is 0.184 e. The summed E-state index contributed by atoms with van der Waals surface area (Å²) in [6.07, 6.45) is 1.61. The standard InChI is InChI=1S/C15H13Cl2N3OS/c16-13-6-3-11(7-14(13)17)9-21-12-4-1-10(2-5-12)8-19-20-15(18)22/h1-8H,9H2,(H3,18,20,22). The van der Waals surface area contributed by atoms with Gasteiger partial charge in [0.25, 0.3) is 0 Å². The first kappa shape index (κ1) is 16.5. The van der Waals surface area contributed by atoms with Crippen LogP contribution >= 0.6 is 35.4 Å². The molecule has 0 unspecified atom stereocenters. The molecule has 2 rings (SSSR count). The third kappa shape index (κ3) is 5.18. The van der Waals surface area contributed by atoms with Gasteiger partial charge in [0.2, 0.25) is 0 Å². The van der Waals surface area contributed by atoms with Crippen LogP contribution in [-0.4, -0.2) is 11.3 Å². The molecule has 0 saturated carbocycles. The molecule has 3 N–H and O–H groups in total. The third-order valence-electron chi connectivity index (χ3n) is 2.66. The molecule has 0 aliphatic rings. The van der Waals surface area contributed by atoms with Crippen LogP contribution in [-0.2, 0) is 6.61 Å². The van der Waals surface area contributed by atoms with Crippen molar-refractivity contribution < 1.29 is 4.74 Å². The first-order chi connectivity index (χ1) is 10.5. The van der Waals surface area contributed by atoms with Crippen LogP contribution in [0, 0.1) is 0 Å². The molecule has 0 spiro atoms. The molecule has 0 aliphatic heterocycles. The van der Waals surface area contributed by atoms with Crippen LogP contribution in [0.15, 0.2) is 47.6 Å². The Bertz CT molecular complexity index is 690. The van der Waals surface area contributed by atoms with E-state index in [9.17, 15) is 0 Å². The highest BCUT2D eigenvalue weighted by atomic mass is 35.5. The summed E-state index contributed by atoms with van der Waals surface area (Å²) in [7, 11) is 0. The number of nitrogens with two attached hydrogens (primary N) is 1. The molecule has 0 bridgehead atoms. The summed E-state index contributed by atoms with van der Waals surface area (Å²) in [5.74, 6) is 0.741. The first-order valence-electron chi connectivity index (χ1n) is 6.30. The van der Waals surface area contributed by atoms with Crippen LogP contribution in [0.3, 0.4) is 0 Å². The van der Waals surface area contributed by atoms with Crippen molar-refractivity contribution in [2.45, 2.75) is 6.61 Å². The highest BCUT2D eigenvalue weighted by molar-refractivity contribution is 7.80. The number of hydrogen-bond donors (Lipinski definition) is 2. The zero-order valence-corrected chi connectivity index (χ0v) is 13.8. The molecule has 0 aliphatic carbocycles. The number of thiocarbonyl (C=S) groups is 1. The van der Waals surface area contributed by atoms with Crippen LogP contribution in [0.2, 0.25) is 10.0 Å². The van der Waals surface area contributed by atoms with Gasteiger partial charge in [-0.05, 0) is 59.7 Å². The maximum absolute atomic E-state index is 5.96. The summed E-state index contributed by atoms with van der Waals surface area (Å²) in [5, 5.41) is 5.04. The number of ether oxygens (including phenoxy) is 1. The average Bonchev–Trinajstić information content (AvgIpc) is 2.49. The molecule has 0 atom stereocenters. The minimum Gasteiger partial charge on any atom is -0.489 e. The second-order valence-electron chi connectivity index (χ2n) is 4.34. The molecular formula is C15H13Cl2N3OS. The second-order valence-corrected chi connectivity index (χ2v) is 5.59. The van der Waals surface area contributed by atoms with Gasteiger partial charge in [-0.1, -0.05) is 29.3 Å². The van der Waals surface area contributed by atoms with E-state index in [-0.39, 0.29) is 5.11 Å². The quantitative estimate of drug-likeness (QED) is 0.488. The van der Waals surface area contributed by atoms with E-state index in [4.69, 9.17) is 33.7 Å². The molecule has 0 saturated heterocycles. The Balaban J connectivity index is 1.92. The Hall–Kier alpha value is -1.82. The fraction of sp³-hybridized carbons (Fsp3) is 0.0667. The molecule has 7 heteroatoms. The number of hydrogen-bond acceptors (Lipinski definition) is 3. The van der Waals surface area contributed by atoms with E-state index in [0.717, 1.165) is 16.9 Å². The van der Waals surface area contributed by atoms with Gasteiger partial charge < -0.3 is 10.5 Å². The lowest BCUT2D eigenvalue weighted by Crippen LogP contribution is -2.23. The van der Waals surface area contributed by atoms with E-state index in [1.165, 1.54) is 0 Å². The molecule has 0 amide bonds. The molecule has 22 heavy (non-hydrogen) atoms. The molecule has 0 aromatic heterocycles. The molecule has 4 nitrogen and oxygen atoms in total. The van der Waals surface area contributed by atoms with Gasteiger partial charge in [0.1, 0.15) is 12.4 Å². The number of nitrogens with zero attached hydrogens (tertiary/aromatic N) is 1. The van der Waals surface area contributed by atoms with Gasteiger partial charge in [-0.3, -0.25) is 5.43 Å². The van der Waals surface area contributed by atoms with Gasteiger partial charge in [0, 0.05) is 0 Å². The second kappa shape index (κ2) is 7.98. The Kier molecular flexibility index (Phi) is 6.00. The maximum atomic E-state index is 5.96. The summed E-state index contributed by atoms with van der Waals surface area (Å²) in [5.41, 5.74) is 9.59. The van der Waals surface area contributed by atoms with Gasteiger partial charge in [-0.2, -0.15) is 5.10 Å². The smallest absolute Gasteiger partial charge is 0.184 e. The van der Waals surface area contributed by atoms with Gasteiger partial charge >= 0.3 is 0 Å². The minimum atomic E-state index is 0.123. The predicted molar refractivity (Wildman–Crippen MR) is 94.8 cm³/mol. The van der Waals surface area contributed by atoms with E-state index in [0.29, 0.717) is 16.7 Å². The van der Waals surface area contributed by atoms with E-state index < -0.39 is 0 Å². The minimum absolute atomic E-state index is 0.123. The van der Waals surface area contributed by atoms with Gasteiger partial charge in [0.15, 0.2) is 5.11 Å². The molecule has 2 aromatic carbocycles. The topological polar surface area (TPSA) is 59.6 Å². The molecule has 0 fully saturated rings. The third-order valence-corrected chi connectivity index (χ3v) is 3.49. The fourth-order valence-corrected chi connectivity index (χ4v) is 1.99. The van der Waals surface area contributed by atoms with Crippen LogP contribution in [0.1, 0.15) is 11.1 Å². The van der Waals surface area contributed by atoms with E-state index in [1.54, 1.807) is 18.3 Å². The number of benzene rings is 2. The number of halogens is 2. The van der Waals surface area contributed by atoms with Crippen LogP contribution in [0.25, 0.3) is 0 Å². The summed E-state index contributed by atoms with van der Waals surface area (Å²) in [6, 6.07) is 12.8. The lowest BCUT2D eigenvalue weighted by atomic mass is 10.2. The summed E-state index contributed by atoms with van der Waals surface area (Å²) in [4.78, 5) is 0. The lowest BCUT2D eigenvalue weighted by Gasteiger charge is -2.07. The zero-order valence-electron chi connectivity index (χ0n) is 11.4. The average molecular weight is 354 g/mol.